The van der Waals surface area contributed by atoms with Gasteiger partial charge in [0, 0.05) is 35.8 Å². The Kier molecular flexibility index (Phi) is 9.18. The summed E-state index contributed by atoms with van der Waals surface area (Å²) in [6.07, 6.45) is 9.70. The van der Waals surface area contributed by atoms with Crippen molar-refractivity contribution in [1.82, 2.24) is 9.97 Å². The zero-order valence-corrected chi connectivity index (χ0v) is 22.1. The molecule has 0 spiro atoms. The summed E-state index contributed by atoms with van der Waals surface area (Å²) >= 11 is 3.20. The van der Waals surface area contributed by atoms with Crippen molar-refractivity contribution in [2.45, 2.75) is 51.9 Å². The molecule has 2 aromatic rings. The van der Waals surface area contributed by atoms with Gasteiger partial charge in [0.15, 0.2) is 0 Å². The maximum Gasteiger partial charge on any atom is 0.244 e. The fourth-order valence-electron chi connectivity index (χ4n) is 3.58. The number of hydrogen-bond donors (Lipinski definition) is 1. The van der Waals surface area contributed by atoms with Gasteiger partial charge in [0.2, 0.25) is 5.91 Å². The van der Waals surface area contributed by atoms with E-state index in [1.54, 1.807) is 29.8 Å². The zero-order valence-electron chi connectivity index (χ0n) is 20.4. The number of carbonyl (C=O) groups is 1. The molecule has 2 N–H and O–H groups in total. The summed E-state index contributed by atoms with van der Waals surface area (Å²) in [5.74, 6) is 0.487. The zero-order chi connectivity index (χ0) is 24.8. The fraction of sp³-hybridized carbons (Fsp3) is 0.480. The van der Waals surface area contributed by atoms with Gasteiger partial charge in [0.1, 0.15) is 22.6 Å². The highest BCUT2D eigenvalue weighted by atomic mass is 32.1. The average molecular weight is 504 g/mol. The van der Waals surface area contributed by atoms with E-state index >= 15 is 0 Å². The van der Waals surface area contributed by atoms with Crippen molar-refractivity contribution < 1.29 is 19.0 Å². The van der Waals surface area contributed by atoms with Crippen LogP contribution < -0.4 is 5.73 Å². The van der Waals surface area contributed by atoms with E-state index in [1.165, 1.54) is 13.2 Å². The number of methoxy groups -OCH3 is 2. The monoisotopic (exact) mass is 503 g/mol. The van der Waals surface area contributed by atoms with Gasteiger partial charge in [-0.15, -0.1) is 22.7 Å². The maximum atomic E-state index is 11.2. The summed E-state index contributed by atoms with van der Waals surface area (Å²) < 4.78 is 16.6. The number of amides is 1. The summed E-state index contributed by atoms with van der Waals surface area (Å²) in [6.45, 7) is 8.42. The number of hydrogen-bond acceptors (Lipinski definition) is 8. The molecule has 7 nitrogen and oxygen atoms in total. The number of epoxide rings is 1. The normalized spacial score (nSPS) is 21.3. The van der Waals surface area contributed by atoms with E-state index in [1.807, 2.05) is 24.5 Å². The van der Waals surface area contributed by atoms with Crippen molar-refractivity contribution in [3.8, 4) is 10.7 Å². The van der Waals surface area contributed by atoms with E-state index < -0.39 is 5.91 Å². The molecule has 9 heteroatoms. The van der Waals surface area contributed by atoms with Crippen molar-refractivity contribution in [3.63, 3.8) is 0 Å². The summed E-state index contributed by atoms with van der Waals surface area (Å²) in [7, 11) is 3.12. The van der Waals surface area contributed by atoms with E-state index in [9.17, 15) is 4.79 Å². The van der Waals surface area contributed by atoms with Gasteiger partial charge < -0.3 is 19.9 Å². The molecule has 3 heterocycles. The van der Waals surface area contributed by atoms with E-state index in [2.05, 4.69) is 38.3 Å². The smallest absolute Gasteiger partial charge is 0.244 e. The van der Waals surface area contributed by atoms with E-state index in [4.69, 9.17) is 29.9 Å². The van der Waals surface area contributed by atoms with Gasteiger partial charge in [-0.25, -0.2) is 9.97 Å². The average Bonchev–Trinajstić information content (AvgIpc) is 3.18. The minimum Gasteiger partial charge on any atom is -0.501 e. The van der Waals surface area contributed by atoms with Crippen LogP contribution in [-0.2, 0) is 19.0 Å². The minimum atomic E-state index is -0.556. The second-order valence-corrected chi connectivity index (χ2v) is 10.4. The Morgan fingerprint density at radius 2 is 1.91 bits per heavy atom. The number of ether oxygens (including phenoxy) is 3. The SMILES string of the molecule is CO/C(=C/C(N)=O)[C@H](C)[C@H](/C=C/c1csc(-c2csc([C@@H](C)/C=C/[C@H]3O[C@@H]3C(C)C)n2)n1)OC. The number of allylic oxidation sites excluding steroid dienone is 1. The number of nitrogens with two attached hydrogens (primary N) is 1. The highest BCUT2D eigenvalue weighted by Gasteiger charge is 2.38. The van der Waals surface area contributed by atoms with E-state index in [0.717, 1.165) is 21.4 Å². The van der Waals surface area contributed by atoms with Crippen LogP contribution in [0.15, 0.2) is 40.8 Å². The summed E-state index contributed by atoms with van der Waals surface area (Å²) in [4.78, 5) is 20.7. The van der Waals surface area contributed by atoms with Crippen LogP contribution in [-0.4, -0.2) is 48.4 Å². The second-order valence-electron chi connectivity index (χ2n) is 8.63. The van der Waals surface area contributed by atoms with E-state index in [0.29, 0.717) is 17.8 Å². The number of carbonyl (C=O) groups excluding carboxylic acids is 1. The lowest BCUT2D eigenvalue weighted by molar-refractivity contribution is -0.113. The molecule has 1 saturated heterocycles. The second kappa shape index (κ2) is 11.9. The summed E-state index contributed by atoms with van der Waals surface area (Å²) in [6, 6.07) is 0. The van der Waals surface area contributed by atoms with Crippen LogP contribution >= 0.6 is 22.7 Å². The third-order valence-corrected chi connectivity index (χ3v) is 7.58. The number of nitrogens with zero attached hydrogens (tertiary/aromatic N) is 2. The highest BCUT2D eigenvalue weighted by molar-refractivity contribution is 7.14. The van der Waals surface area contributed by atoms with Crippen molar-refractivity contribution >= 4 is 34.7 Å². The molecular weight excluding hydrogens is 470 g/mol. The third-order valence-electron chi connectivity index (χ3n) is 5.65. The lowest BCUT2D eigenvalue weighted by Gasteiger charge is -2.21. The van der Waals surface area contributed by atoms with Gasteiger partial charge in [-0.05, 0) is 12.0 Å². The Balaban J connectivity index is 1.64. The predicted octanol–water partition coefficient (Wildman–Crippen LogP) is 5.03. The molecule has 0 aromatic carbocycles. The van der Waals surface area contributed by atoms with Crippen LogP contribution in [0.1, 0.15) is 44.3 Å². The molecule has 0 radical (unpaired) electrons. The Morgan fingerprint density at radius 1 is 1.15 bits per heavy atom. The largest absolute Gasteiger partial charge is 0.501 e. The Hall–Kier alpha value is -2.33. The minimum absolute atomic E-state index is 0.190. The van der Waals surface area contributed by atoms with Gasteiger partial charge in [-0.2, -0.15) is 0 Å². The Bertz CT molecular complexity index is 1060. The van der Waals surface area contributed by atoms with Gasteiger partial charge in [-0.1, -0.05) is 45.9 Å². The number of primary amides is 1. The molecule has 2 aromatic heterocycles. The molecule has 0 bridgehead atoms. The van der Waals surface area contributed by atoms with Crippen molar-refractivity contribution in [3.05, 3.63) is 51.5 Å². The molecule has 3 rings (SSSR count). The number of thiazole rings is 2. The Labute approximate surface area is 209 Å². The molecule has 1 aliphatic rings. The van der Waals surface area contributed by atoms with Crippen molar-refractivity contribution in [2.75, 3.05) is 14.2 Å². The molecule has 1 amide bonds. The summed E-state index contributed by atoms with van der Waals surface area (Å²) in [5, 5.41) is 5.97. The van der Waals surface area contributed by atoms with E-state index in [-0.39, 0.29) is 24.0 Å². The third kappa shape index (κ3) is 6.85. The van der Waals surface area contributed by atoms with Crippen LogP contribution in [0.25, 0.3) is 16.8 Å². The van der Waals surface area contributed by atoms with Crippen LogP contribution in [0.3, 0.4) is 0 Å². The maximum absolute atomic E-state index is 11.2. The van der Waals surface area contributed by atoms with Gasteiger partial charge in [0.05, 0.1) is 30.0 Å². The first-order valence-corrected chi connectivity index (χ1v) is 13.0. The molecule has 184 valence electrons. The van der Waals surface area contributed by atoms with Crippen LogP contribution in [0.5, 0.6) is 0 Å². The molecule has 0 aliphatic carbocycles. The first-order valence-electron chi connectivity index (χ1n) is 11.2. The lowest BCUT2D eigenvalue weighted by Crippen LogP contribution is -2.22. The van der Waals surface area contributed by atoms with Crippen molar-refractivity contribution in [2.24, 2.45) is 17.6 Å². The molecule has 1 aliphatic heterocycles. The highest BCUT2D eigenvalue weighted by Crippen LogP contribution is 2.33. The quantitative estimate of drug-likeness (QED) is 0.189. The van der Waals surface area contributed by atoms with Crippen LogP contribution in [0.2, 0.25) is 0 Å². The lowest BCUT2D eigenvalue weighted by atomic mass is 10.0. The van der Waals surface area contributed by atoms with Gasteiger partial charge in [-0.3, -0.25) is 4.79 Å². The number of aromatic nitrogens is 2. The standard InChI is InChI=1S/C25H33N3O4S2/c1-14(2)23-20(32-23)9-7-15(3)24-28-18(13-34-24)25-27-17(12-33-25)8-10-19(30-5)16(4)21(31-6)11-22(26)29/h7-16,19-20,23H,1-6H3,(H2,26,29)/b9-7+,10-8+,21-11+/t15-,16+,19-,20+,23+/m0/s1. The molecular formula is C25H33N3O4S2. The van der Waals surface area contributed by atoms with Crippen LogP contribution in [0, 0.1) is 11.8 Å². The molecule has 34 heavy (non-hydrogen) atoms. The van der Waals surface area contributed by atoms with Crippen molar-refractivity contribution in [1.29, 1.82) is 0 Å². The Morgan fingerprint density at radius 3 is 2.53 bits per heavy atom. The first kappa shape index (κ1) is 26.3. The molecule has 1 fully saturated rings. The molecule has 5 atom stereocenters. The fourth-order valence-corrected chi connectivity index (χ4v) is 5.25. The molecule has 0 unspecified atom stereocenters. The number of rotatable bonds is 12. The summed E-state index contributed by atoms with van der Waals surface area (Å²) in [5.41, 5.74) is 6.97. The molecule has 0 saturated carbocycles. The predicted molar refractivity (Wildman–Crippen MR) is 138 cm³/mol. The van der Waals surface area contributed by atoms with Gasteiger partial charge in [0.25, 0.3) is 0 Å². The first-order chi connectivity index (χ1) is 16.2. The van der Waals surface area contributed by atoms with Crippen LogP contribution in [0.4, 0.5) is 0 Å². The topological polar surface area (TPSA) is 99.9 Å². The van der Waals surface area contributed by atoms with Gasteiger partial charge >= 0.3 is 0 Å².